The lowest BCUT2D eigenvalue weighted by Gasteiger charge is -2.15. The molecule has 2 rings (SSSR count). The molecule has 0 radical (unpaired) electrons. The highest BCUT2D eigenvalue weighted by Crippen LogP contribution is 2.24. The molecule has 0 bridgehead atoms. The lowest BCUT2D eigenvalue weighted by Crippen LogP contribution is -2.15. The van der Waals surface area contributed by atoms with Crippen molar-refractivity contribution in [2.75, 3.05) is 12.3 Å². The van der Waals surface area contributed by atoms with Gasteiger partial charge in [-0.3, -0.25) is 4.21 Å². The number of nitrogens with zero attached hydrogens (tertiary/aromatic N) is 2. The number of unbranched alkanes of at least 4 members (excludes halogenated alkanes) is 1. The average molecular weight is 390 g/mol. The predicted molar refractivity (Wildman–Crippen MR) is 106 cm³/mol. The quantitative estimate of drug-likeness (QED) is 0.476. The summed E-state index contributed by atoms with van der Waals surface area (Å²) < 4.78 is 26.7. The Kier molecular flexibility index (Phi) is 8.39. The molecule has 0 aromatic heterocycles. The van der Waals surface area contributed by atoms with Gasteiger partial charge in [-0.25, -0.2) is 4.39 Å². The van der Waals surface area contributed by atoms with Crippen LogP contribution >= 0.6 is 0 Å². The molecular weight excluding hydrogens is 367 g/mol. The molecule has 2 aromatic carbocycles. The highest BCUT2D eigenvalue weighted by Gasteiger charge is 2.18. The van der Waals surface area contributed by atoms with Crippen molar-refractivity contribution in [1.29, 1.82) is 0 Å². The first-order valence-corrected chi connectivity index (χ1v) is 10.3. The van der Waals surface area contributed by atoms with Crippen LogP contribution in [-0.2, 0) is 17.2 Å². The van der Waals surface area contributed by atoms with Crippen molar-refractivity contribution in [3.63, 3.8) is 0 Å². The van der Waals surface area contributed by atoms with Crippen molar-refractivity contribution in [3.05, 3.63) is 69.2 Å². The molecule has 0 saturated carbocycles. The van der Waals surface area contributed by atoms with Crippen LogP contribution in [0.1, 0.15) is 37.3 Å². The van der Waals surface area contributed by atoms with Gasteiger partial charge in [0, 0.05) is 10.6 Å². The number of nitroso groups, excluding NO2 is 2. The van der Waals surface area contributed by atoms with E-state index in [4.69, 9.17) is 0 Å². The predicted octanol–water partition coefficient (Wildman–Crippen LogP) is 5.49. The number of hydrogen-bond donors (Lipinski definition) is 0. The normalized spacial score (nSPS) is 13.1. The molecule has 2 aromatic rings. The Balaban J connectivity index is 2.24. The van der Waals surface area contributed by atoms with Gasteiger partial charge < -0.3 is 0 Å². The molecule has 0 N–H and O–H groups in total. The van der Waals surface area contributed by atoms with Crippen LogP contribution in [0.25, 0.3) is 0 Å². The molecule has 0 saturated heterocycles. The first kappa shape index (κ1) is 21.0. The van der Waals surface area contributed by atoms with E-state index in [2.05, 4.69) is 17.3 Å². The van der Waals surface area contributed by atoms with Crippen LogP contribution in [0.2, 0.25) is 0 Å². The molecule has 0 heterocycles. The molecule has 0 aliphatic rings. The second-order valence-electron chi connectivity index (χ2n) is 6.52. The van der Waals surface area contributed by atoms with Crippen LogP contribution in [0.4, 0.5) is 10.1 Å². The van der Waals surface area contributed by atoms with Crippen molar-refractivity contribution in [3.8, 4) is 0 Å². The number of hydrogen-bond acceptors (Lipinski definition) is 5. The van der Waals surface area contributed by atoms with Gasteiger partial charge in [0.15, 0.2) is 0 Å². The summed E-state index contributed by atoms with van der Waals surface area (Å²) in [5, 5.41) is 5.89. The molecule has 0 spiro atoms. The monoisotopic (exact) mass is 390 g/mol. The molecule has 0 aliphatic carbocycles. The van der Waals surface area contributed by atoms with Crippen molar-refractivity contribution in [2.45, 2.75) is 37.5 Å². The van der Waals surface area contributed by atoms with Crippen LogP contribution in [0, 0.1) is 21.5 Å². The summed E-state index contributed by atoms with van der Waals surface area (Å²) in [6, 6.07) is 10.9. The smallest absolute Gasteiger partial charge is 0.123 e. The van der Waals surface area contributed by atoms with Gasteiger partial charge in [0.05, 0.1) is 17.3 Å². The lowest BCUT2D eigenvalue weighted by molar-refractivity contribution is 0.517. The third-order valence-electron chi connectivity index (χ3n) is 4.36. The highest BCUT2D eigenvalue weighted by molar-refractivity contribution is 7.85. The summed E-state index contributed by atoms with van der Waals surface area (Å²) in [4.78, 5) is 21.9. The Morgan fingerprint density at radius 2 is 1.96 bits per heavy atom. The minimum atomic E-state index is -1.37. The van der Waals surface area contributed by atoms with E-state index in [9.17, 15) is 18.4 Å². The lowest BCUT2D eigenvalue weighted by atomic mass is 10.0. The molecule has 0 aliphatic heterocycles. The van der Waals surface area contributed by atoms with Gasteiger partial charge >= 0.3 is 0 Å². The van der Waals surface area contributed by atoms with Gasteiger partial charge in [0.2, 0.25) is 0 Å². The third-order valence-corrected chi connectivity index (χ3v) is 6.03. The van der Waals surface area contributed by atoms with E-state index < -0.39 is 16.6 Å². The van der Waals surface area contributed by atoms with E-state index in [0.717, 1.165) is 24.8 Å². The maximum absolute atomic E-state index is 13.8. The molecular formula is C20H23FN2O3S. The zero-order valence-electron chi connectivity index (χ0n) is 15.3. The van der Waals surface area contributed by atoms with E-state index in [1.54, 1.807) is 18.2 Å². The topological polar surface area (TPSA) is 75.9 Å². The Hall–Kier alpha value is -2.28. The Labute approximate surface area is 160 Å². The van der Waals surface area contributed by atoms with Crippen LogP contribution in [0.3, 0.4) is 0 Å². The first-order valence-electron chi connectivity index (χ1n) is 8.95. The highest BCUT2D eigenvalue weighted by atomic mass is 32.2. The van der Waals surface area contributed by atoms with E-state index in [1.807, 2.05) is 6.07 Å². The zero-order valence-corrected chi connectivity index (χ0v) is 16.1. The fraction of sp³-hybridized carbons (Fsp3) is 0.400. The van der Waals surface area contributed by atoms with Crippen LogP contribution in [0.5, 0.6) is 0 Å². The van der Waals surface area contributed by atoms with Crippen molar-refractivity contribution in [2.24, 2.45) is 16.3 Å². The maximum atomic E-state index is 13.8. The van der Waals surface area contributed by atoms with Crippen molar-refractivity contribution in [1.82, 2.24) is 0 Å². The fourth-order valence-electron chi connectivity index (χ4n) is 2.98. The molecule has 144 valence electrons. The van der Waals surface area contributed by atoms with Gasteiger partial charge in [-0.15, -0.1) is 4.91 Å². The SMILES string of the molecule is CCCC[C@@H](CN=O)CS(=O)c1ccc(F)cc1Cc1cccc(N=O)c1. The molecule has 2 atom stereocenters. The standard InChI is InChI=1S/C20H23FN2O3S/c1-2-3-5-16(13-22-24)14-27(26)20-9-8-18(21)12-17(20)10-15-6-4-7-19(11-15)23-25/h4,6-9,11-12,16H,2-3,5,10,13-14H2,1H3/t16-,27?/m0/s1. The zero-order chi connectivity index (χ0) is 19.6. The second kappa shape index (κ2) is 10.8. The summed E-state index contributed by atoms with van der Waals surface area (Å²) in [5.41, 5.74) is 1.68. The Morgan fingerprint density at radius 3 is 2.67 bits per heavy atom. The number of halogens is 1. The molecule has 1 unspecified atom stereocenters. The molecule has 0 amide bonds. The largest absolute Gasteiger partial charge is 0.254 e. The van der Waals surface area contributed by atoms with Gasteiger partial charge in [0.1, 0.15) is 11.5 Å². The Morgan fingerprint density at radius 1 is 1.15 bits per heavy atom. The molecule has 0 fully saturated rings. The summed E-state index contributed by atoms with van der Waals surface area (Å²) >= 11 is 0. The van der Waals surface area contributed by atoms with Gasteiger partial charge in [-0.2, -0.15) is 4.91 Å². The summed E-state index contributed by atoms with van der Waals surface area (Å²) in [7, 11) is -1.37. The summed E-state index contributed by atoms with van der Waals surface area (Å²) in [5.74, 6) is -0.142. The third kappa shape index (κ3) is 6.43. The number of benzene rings is 2. The molecule has 5 nitrogen and oxygen atoms in total. The second-order valence-corrected chi connectivity index (χ2v) is 7.99. The maximum Gasteiger partial charge on any atom is 0.123 e. The van der Waals surface area contributed by atoms with Crippen LogP contribution in [0.15, 0.2) is 57.7 Å². The minimum absolute atomic E-state index is 0.0521. The van der Waals surface area contributed by atoms with E-state index in [0.29, 0.717) is 28.3 Å². The summed E-state index contributed by atoms with van der Waals surface area (Å²) in [6.07, 6.45) is 3.06. The average Bonchev–Trinajstić information content (AvgIpc) is 2.66. The van der Waals surface area contributed by atoms with Crippen LogP contribution in [-0.4, -0.2) is 16.5 Å². The Bertz CT molecular complexity index is 814. The van der Waals surface area contributed by atoms with E-state index in [-0.39, 0.29) is 12.5 Å². The fourth-order valence-corrected chi connectivity index (χ4v) is 4.50. The van der Waals surface area contributed by atoms with Crippen LogP contribution < -0.4 is 0 Å². The molecule has 7 heteroatoms. The number of rotatable bonds is 11. The minimum Gasteiger partial charge on any atom is -0.254 e. The van der Waals surface area contributed by atoms with Gasteiger partial charge in [-0.1, -0.05) is 37.1 Å². The van der Waals surface area contributed by atoms with Gasteiger partial charge in [0.25, 0.3) is 0 Å². The van der Waals surface area contributed by atoms with Crippen molar-refractivity contribution < 1.29 is 8.60 Å². The van der Waals surface area contributed by atoms with E-state index in [1.165, 1.54) is 18.2 Å². The summed E-state index contributed by atoms with van der Waals surface area (Å²) in [6.45, 7) is 2.19. The molecule has 27 heavy (non-hydrogen) atoms. The first-order chi connectivity index (χ1) is 13.1. The van der Waals surface area contributed by atoms with Gasteiger partial charge in [-0.05, 0) is 65.4 Å². The van der Waals surface area contributed by atoms with E-state index >= 15 is 0 Å². The van der Waals surface area contributed by atoms with Crippen molar-refractivity contribution >= 4 is 16.5 Å².